The molecule has 0 aliphatic carbocycles. The Balaban J connectivity index is 2.27. The summed E-state index contributed by atoms with van der Waals surface area (Å²) >= 11 is 11.6. The minimum Gasteiger partial charge on any atom is -0.285 e. The number of H-pyrrole nitrogens is 1. The fraction of sp³-hybridized carbons (Fsp3) is 0.182. The molecule has 0 saturated carbocycles. The van der Waals surface area contributed by atoms with Crippen LogP contribution in [0.15, 0.2) is 35.5 Å². The molecular formula is C11H11Cl2N3O2S. The van der Waals surface area contributed by atoms with Crippen LogP contribution in [-0.2, 0) is 10.0 Å². The van der Waals surface area contributed by atoms with Gasteiger partial charge in [0, 0.05) is 27.8 Å². The highest BCUT2D eigenvalue weighted by Crippen LogP contribution is 2.23. The molecule has 2 N–H and O–H groups in total. The van der Waals surface area contributed by atoms with E-state index in [0.717, 1.165) is 5.56 Å². The second kappa shape index (κ2) is 5.50. The number of hydrogen-bond acceptors (Lipinski definition) is 3. The molecule has 0 saturated heterocycles. The van der Waals surface area contributed by atoms with Crippen LogP contribution in [0, 0.1) is 0 Å². The summed E-state index contributed by atoms with van der Waals surface area (Å²) in [5, 5.41) is 6.93. The van der Waals surface area contributed by atoms with Crippen LogP contribution in [0.3, 0.4) is 0 Å². The first-order valence-corrected chi connectivity index (χ1v) is 7.59. The minimum atomic E-state index is -3.69. The molecule has 0 bridgehead atoms. The van der Waals surface area contributed by atoms with Crippen molar-refractivity contribution in [3.63, 3.8) is 0 Å². The monoisotopic (exact) mass is 319 g/mol. The van der Waals surface area contributed by atoms with Crippen molar-refractivity contribution in [2.75, 3.05) is 0 Å². The predicted molar refractivity (Wildman–Crippen MR) is 73.8 cm³/mol. The van der Waals surface area contributed by atoms with Gasteiger partial charge in [-0.15, -0.1) is 0 Å². The molecular weight excluding hydrogens is 309 g/mol. The van der Waals surface area contributed by atoms with Crippen LogP contribution < -0.4 is 4.72 Å². The molecule has 0 radical (unpaired) electrons. The third-order valence-electron chi connectivity index (χ3n) is 2.50. The largest absolute Gasteiger partial charge is 0.285 e. The highest BCUT2D eigenvalue weighted by molar-refractivity contribution is 7.89. The number of benzene rings is 1. The summed E-state index contributed by atoms with van der Waals surface area (Å²) in [6.07, 6.45) is 3.18. The summed E-state index contributed by atoms with van der Waals surface area (Å²) in [6.45, 7) is 1.72. The van der Waals surface area contributed by atoms with Crippen LogP contribution in [-0.4, -0.2) is 18.6 Å². The first-order valence-electron chi connectivity index (χ1n) is 5.35. The van der Waals surface area contributed by atoms with Crippen molar-refractivity contribution in [2.24, 2.45) is 0 Å². The van der Waals surface area contributed by atoms with Gasteiger partial charge < -0.3 is 0 Å². The number of aromatic nitrogens is 2. The lowest BCUT2D eigenvalue weighted by Gasteiger charge is -2.13. The highest BCUT2D eigenvalue weighted by atomic mass is 35.5. The fourth-order valence-corrected chi connectivity index (χ4v) is 3.51. The van der Waals surface area contributed by atoms with E-state index in [2.05, 4.69) is 14.9 Å². The molecule has 5 nitrogen and oxygen atoms in total. The van der Waals surface area contributed by atoms with E-state index in [9.17, 15) is 8.42 Å². The van der Waals surface area contributed by atoms with Gasteiger partial charge in [-0.25, -0.2) is 13.1 Å². The van der Waals surface area contributed by atoms with Crippen molar-refractivity contribution in [2.45, 2.75) is 17.9 Å². The molecule has 2 aromatic rings. The maximum Gasteiger partial charge on any atom is 0.241 e. The van der Waals surface area contributed by atoms with Crippen LogP contribution in [0.2, 0.25) is 10.0 Å². The minimum absolute atomic E-state index is 0.0281. The summed E-state index contributed by atoms with van der Waals surface area (Å²) in [5.41, 5.74) is 0.733. The lowest BCUT2D eigenvalue weighted by Crippen LogP contribution is -2.26. The Morgan fingerprint density at radius 2 is 1.89 bits per heavy atom. The van der Waals surface area contributed by atoms with Crippen molar-refractivity contribution in [3.05, 3.63) is 46.2 Å². The number of hydrogen-bond donors (Lipinski definition) is 2. The third kappa shape index (κ3) is 3.48. The van der Waals surface area contributed by atoms with Crippen molar-refractivity contribution < 1.29 is 8.42 Å². The number of sulfonamides is 1. The third-order valence-corrected chi connectivity index (χ3v) is 4.45. The van der Waals surface area contributed by atoms with E-state index in [-0.39, 0.29) is 14.9 Å². The summed E-state index contributed by atoms with van der Waals surface area (Å²) in [6, 6.07) is 3.75. The number of halogens is 2. The molecule has 1 aromatic heterocycles. The van der Waals surface area contributed by atoms with E-state index >= 15 is 0 Å². The van der Waals surface area contributed by atoms with Crippen LogP contribution in [0.5, 0.6) is 0 Å². The maximum atomic E-state index is 12.2. The Labute approximate surface area is 121 Å². The molecule has 19 heavy (non-hydrogen) atoms. The van der Waals surface area contributed by atoms with E-state index in [4.69, 9.17) is 23.2 Å². The summed E-state index contributed by atoms with van der Waals surface area (Å²) < 4.78 is 26.9. The van der Waals surface area contributed by atoms with Gasteiger partial charge in [0.2, 0.25) is 10.0 Å². The second-order valence-corrected chi connectivity index (χ2v) is 6.57. The smallest absolute Gasteiger partial charge is 0.241 e. The van der Waals surface area contributed by atoms with Gasteiger partial charge >= 0.3 is 0 Å². The van der Waals surface area contributed by atoms with E-state index in [1.54, 1.807) is 19.3 Å². The van der Waals surface area contributed by atoms with E-state index in [1.807, 2.05) is 0 Å². The molecule has 0 fully saturated rings. The van der Waals surface area contributed by atoms with Crippen molar-refractivity contribution in [1.29, 1.82) is 0 Å². The van der Waals surface area contributed by atoms with Crippen LogP contribution in [0.1, 0.15) is 18.5 Å². The Morgan fingerprint density at radius 1 is 1.26 bits per heavy atom. The molecule has 1 unspecified atom stereocenters. The van der Waals surface area contributed by atoms with Gasteiger partial charge in [0.05, 0.1) is 11.1 Å². The Bertz CT molecular complexity index is 651. The van der Waals surface area contributed by atoms with Gasteiger partial charge in [0.25, 0.3) is 0 Å². The van der Waals surface area contributed by atoms with Gasteiger partial charge in [0.1, 0.15) is 0 Å². The first-order chi connectivity index (χ1) is 8.88. The maximum absolute atomic E-state index is 12.2. The van der Waals surface area contributed by atoms with E-state index in [1.165, 1.54) is 18.2 Å². The van der Waals surface area contributed by atoms with Gasteiger partial charge in [-0.2, -0.15) is 5.10 Å². The number of aromatic amines is 1. The lowest BCUT2D eigenvalue weighted by molar-refractivity contribution is 0.567. The highest BCUT2D eigenvalue weighted by Gasteiger charge is 2.19. The number of nitrogens with zero attached hydrogens (tertiary/aromatic N) is 1. The zero-order valence-electron chi connectivity index (χ0n) is 9.89. The molecule has 1 atom stereocenters. The molecule has 1 heterocycles. The van der Waals surface area contributed by atoms with Gasteiger partial charge in [-0.1, -0.05) is 23.2 Å². The number of nitrogens with one attached hydrogen (secondary N) is 2. The predicted octanol–water partition coefficient (Wildman–Crippen LogP) is 2.76. The topological polar surface area (TPSA) is 74.8 Å². The summed E-state index contributed by atoms with van der Waals surface area (Å²) in [5.74, 6) is 0. The standard InChI is InChI=1S/C11H11Cl2N3O2S/c1-7(8-5-14-15-6-8)16-19(17,18)11-3-9(12)2-10(13)4-11/h2-7,16H,1H3,(H,14,15). The Kier molecular flexibility index (Phi) is 4.15. The van der Waals surface area contributed by atoms with E-state index in [0.29, 0.717) is 0 Å². The fourth-order valence-electron chi connectivity index (χ4n) is 1.55. The lowest BCUT2D eigenvalue weighted by atomic mass is 10.2. The normalized spacial score (nSPS) is 13.4. The molecule has 2 rings (SSSR count). The SMILES string of the molecule is CC(NS(=O)(=O)c1cc(Cl)cc(Cl)c1)c1cn[nH]c1. The molecule has 0 amide bonds. The van der Waals surface area contributed by atoms with Gasteiger partial charge in [-0.05, 0) is 25.1 Å². The molecule has 0 spiro atoms. The van der Waals surface area contributed by atoms with Crippen LogP contribution in [0.4, 0.5) is 0 Å². The quantitative estimate of drug-likeness (QED) is 0.909. The molecule has 0 aliphatic heterocycles. The summed E-state index contributed by atoms with van der Waals surface area (Å²) in [4.78, 5) is 0.0281. The van der Waals surface area contributed by atoms with Crippen molar-refractivity contribution in [1.82, 2.24) is 14.9 Å². The first kappa shape index (κ1) is 14.3. The molecule has 0 aliphatic rings. The van der Waals surface area contributed by atoms with Crippen molar-refractivity contribution in [3.8, 4) is 0 Å². The van der Waals surface area contributed by atoms with Gasteiger partial charge in [0.15, 0.2) is 0 Å². The molecule has 102 valence electrons. The summed E-state index contributed by atoms with van der Waals surface area (Å²) in [7, 11) is -3.69. The average Bonchev–Trinajstić information content (AvgIpc) is 2.80. The second-order valence-electron chi connectivity index (χ2n) is 3.98. The zero-order chi connectivity index (χ0) is 14.0. The van der Waals surface area contributed by atoms with Crippen LogP contribution in [0.25, 0.3) is 0 Å². The molecule has 1 aromatic carbocycles. The zero-order valence-corrected chi connectivity index (χ0v) is 12.2. The van der Waals surface area contributed by atoms with Crippen molar-refractivity contribution >= 4 is 33.2 Å². The average molecular weight is 320 g/mol. The Hall–Kier alpha value is -1.08. The van der Waals surface area contributed by atoms with Gasteiger partial charge in [-0.3, -0.25) is 5.10 Å². The van der Waals surface area contributed by atoms with E-state index < -0.39 is 16.1 Å². The Morgan fingerprint density at radius 3 is 2.42 bits per heavy atom. The number of rotatable bonds is 4. The molecule has 8 heteroatoms. The van der Waals surface area contributed by atoms with Crippen LogP contribution >= 0.6 is 23.2 Å².